The number of rotatable bonds is 4. The van der Waals surface area contributed by atoms with Crippen LogP contribution in [0.2, 0.25) is 0 Å². The summed E-state index contributed by atoms with van der Waals surface area (Å²) in [5.41, 5.74) is 2.75. The summed E-state index contributed by atoms with van der Waals surface area (Å²) in [5, 5.41) is 3.76. The smallest absolute Gasteiger partial charge is 0.0342 e. The zero-order valence-electron chi connectivity index (χ0n) is 12.9. The van der Waals surface area contributed by atoms with Crippen LogP contribution in [0.3, 0.4) is 0 Å². The van der Waals surface area contributed by atoms with E-state index in [4.69, 9.17) is 0 Å². The normalized spacial score (nSPS) is 28.9. The number of benzene rings is 1. The third kappa shape index (κ3) is 3.52. The first-order chi connectivity index (χ1) is 9.11. The number of nitrogens with one attached hydrogen (secondary N) is 1. The highest BCUT2D eigenvalue weighted by Crippen LogP contribution is 2.31. The van der Waals surface area contributed by atoms with Gasteiger partial charge < -0.3 is 5.32 Å². The van der Waals surface area contributed by atoms with Gasteiger partial charge >= 0.3 is 0 Å². The molecule has 1 aromatic carbocycles. The van der Waals surface area contributed by atoms with Crippen molar-refractivity contribution in [3.05, 3.63) is 29.8 Å². The quantitative estimate of drug-likeness (QED) is 0.759. The lowest BCUT2D eigenvalue weighted by Gasteiger charge is -2.36. The number of hydrogen-bond acceptors (Lipinski definition) is 1. The van der Waals surface area contributed by atoms with E-state index in [9.17, 15) is 0 Å². The summed E-state index contributed by atoms with van der Waals surface area (Å²) in [7, 11) is 0. The van der Waals surface area contributed by atoms with Gasteiger partial charge in [0, 0.05) is 11.7 Å². The molecule has 0 saturated heterocycles. The second kappa shape index (κ2) is 6.45. The van der Waals surface area contributed by atoms with Gasteiger partial charge in [-0.1, -0.05) is 46.2 Å². The fourth-order valence-electron chi connectivity index (χ4n) is 3.30. The molecule has 3 unspecified atom stereocenters. The van der Waals surface area contributed by atoms with Crippen molar-refractivity contribution in [2.75, 3.05) is 5.32 Å². The Labute approximate surface area is 118 Å². The van der Waals surface area contributed by atoms with E-state index in [1.165, 1.54) is 36.9 Å². The monoisotopic (exact) mass is 259 g/mol. The highest BCUT2D eigenvalue weighted by molar-refractivity contribution is 5.46. The lowest BCUT2D eigenvalue weighted by Crippen LogP contribution is -2.37. The molecule has 0 bridgehead atoms. The lowest BCUT2D eigenvalue weighted by atomic mass is 9.78. The van der Waals surface area contributed by atoms with Crippen molar-refractivity contribution in [3.63, 3.8) is 0 Å². The van der Waals surface area contributed by atoms with Crippen LogP contribution in [0.1, 0.15) is 64.9 Å². The van der Waals surface area contributed by atoms with E-state index in [2.05, 4.69) is 57.3 Å². The van der Waals surface area contributed by atoms with Crippen LogP contribution in [-0.2, 0) is 0 Å². The second-order valence-electron chi connectivity index (χ2n) is 6.49. The molecule has 0 aliphatic heterocycles. The van der Waals surface area contributed by atoms with Crippen LogP contribution < -0.4 is 5.32 Å². The Kier molecular flexibility index (Phi) is 4.90. The van der Waals surface area contributed by atoms with Crippen molar-refractivity contribution < 1.29 is 0 Å². The largest absolute Gasteiger partial charge is 0.382 e. The van der Waals surface area contributed by atoms with E-state index in [1.54, 1.807) is 0 Å². The fraction of sp³-hybridized carbons (Fsp3) is 0.667. The van der Waals surface area contributed by atoms with Crippen LogP contribution in [-0.4, -0.2) is 6.04 Å². The zero-order valence-corrected chi connectivity index (χ0v) is 12.9. The lowest BCUT2D eigenvalue weighted by molar-refractivity contribution is 0.268. The minimum absolute atomic E-state index is 0.642. The predicted octanol–water partition coefficient (Wildman–Crippen LogP) is 5.44. The molecule has 1 nitrogen and oxygen atoms in total. The molecule has 2 rings (SSSR count). The van der Waals surface area contributed by atoms with Gasteiger partial charge in [-0.15, -0.1) is 0 Å². The molecule has 0 radical (unpaired) electrons. The van der Waals surface area contributed by atoms with Crippen molar-refractivity contribution in [1.29, 1.82) is 0 Å². The third-order valence-electron chi connectivity index (χ3n) is 4.97. The Morgan fingerprint density at radius 3 is 2.21 bits per heavy atom. The van der Waals surface area contributed by atoms with Gasteiger partial charge in [0.05, 0.1) is 0 Å². The van der Waals surface area contributed by atoms with E-state index >= 15 is 0 Å². The fourth-order valence-corrected chi connectivity index (χ4v) is 3.30. The average Bonchev–Trinajstić information content (AvgIpc) is 2.43. The molecular formula is C18H29N. The molecule has 0 heterocycles. The first-order valence-corrected chi connectivity index (χ1v) is 7.98. The van der Waals surface area contributed by atoms with Gasteiger partial charge in [0.25, 0.3) is 0 Å². The van der Waals surface area contributed by atoms with Crippen molar-refractivity contribution in [2.24, 2.45) is 11.8 Å². The van der Waals surface area contributed by atoms with E-state index in [0.717, 1.165) is 11.8 Å². The summed E-state index contributed by atoms with van der Waals surface area (Å²) in [6, 6.07) is 9.73. The molecule has 0 spiro atoms. The highest BCUT2D eigenvalue weighted by atomic mass is 14.9. The van der Waals surface area contributed by atoms with Crippen molar-refractivity contribution in [2.45, 2.75) is 65.3 Å². The summed E-state index contributed by atoms with van der Waals surface area (Å²) in [5.74, 6) is 2.25. The third-order valence-corrected chi connectivity index (χ3v) is 4.97. The molecule has 1 saturated carbocycles. The molecule has 1 aromatic rings. The standard InChI is InChI=1S/C18H29N/c1-5-13(2)16-9-11-17(12-10-16)19-18-14(3)7-6-8-15(18)4/h9-15,18-19H,5-8H2,1-4H3. The molecule has 19 heavy (non-hydrogen) atoms. The van der Waals surface area contributed by atoms with Gasteiger partial charge in [0.1, 0.15) is 0 Å². The molecule has 1 heteroatoms. The Balaban J connectivity index is 2.02. The molecule has 0 amide bonds. The van der Waals surface area contributed by atoms with E-state index < -0.39 is 0 Å². The molecular weight excluding hydrogens is 230 g/mol. The molecule has 1 N–H and O–H groups in total. The SMILES string of the molecule is CCC(C)c1ccc(NC2C(C)CCCC2C)cc1. The average molecular weight is 259 g/mol. The minimum atomic E-state index is 0.642. The molecule has 1 aliphatic rings. The molecule has 0 aromatic heterocycles. The molecule has 106 valence electrons. The summed E-state index contributed by atoms with van der Waals surface area (Å²) < 4.78 is 0. The first-order valence-electron chi connectivity index (χ1n) is 7.98. The summed E-state index contributed by atoms with van der Waals surface area (Å²) in [4.78, 5) is 0. The van der Waals surface area contributed by atoms with Gasteiger partial charge in [-0.05, 0) is 54.7 Å². The van der Waals surface area contributed by atoms with Gasteiger partial charge in [-0.25, -0.2) is 0 Å². The predicted molar refractivity (Wildman–Crippen MR) is 84.7 cm³/mol. The van der Waals surface area contributed by atoms with Crippen LogP contribution in [0.5, 0.6) is 0 Å². The van der Waals surface area contributed by atoms with Crippen LogP contribution in [0.15, 0.2) is 24.3 Å². The van der Waals surface area contributed by atoms with Gasteiger partial charge in [-0.3, -0.25) is 0 Å². The van der Waals surface area contributed by atoms with Gasteiger partial charge in [-0.2, -0.15) is 0 Å². The zero-order chi connectivity index (χ0) is 13.8. The first kappa shape index (κ1) is 14.4. The minimum Gasteiger partial charge on any atom is -0.382 e. The van der Waals surface area contributed by atoms with E-state index in [0.29, 0.717) is 12.0 Å². The number of hydrogen-bond donors (Lipinski definition) is 1. The van der Waals surface area contributed by atoms with Crippen molar-refractivity contribution >= 4 is 5.69 Å². The molecule has 3 atom stereocenters. The maximum atomic E-state index is 3.76. The summed E-state index contributed by atoms with van der Waals surface area (Å²) in [6.07, 6.45) is 5.34. The molecule has 1 fully saturated rings. The Bertz CT molecular complexity index is 371. The van der Waals surface area contributed by atoms with Crippen molar-refractivity contribution in [1.82, 2.24) is 0 Å². The van der Waals surface area contributed by atoms with E-state index in [-0.39, 0.29) is 0 Å². The number of anilines is 1. The second-order valence-corrected chi connectivity index (χ2v) is 6.49. The highest BCUT2D eigenvalue weighted by Gasteiger charge is 2.27. The Morgan fingerprint density at radius 2 is 1.68 bits per heavy atom. The van der Waals surface area contributed by atoms with Gasteiger partial charge in [0.15, 0.2) is 0 Å². The topological polar surface area (TPSA) is 12.0 Å². The van der Waals surface area contributed by atoms with Crippen LogP contribution in [0.4, 0.5) is 5.69 Å². The summed E-state index contributed by atoms with van der Waals surface area (Å²) >= 11 is 0. The Morgan fingerprint density at radius 1 is 1.11 bits per heavy atom. The van der Waals surface area contributed by atoms with Crippen LogP contribution in [0, 0.1) is 11.8 Å². The maximum absolute atomic E-state index is 3.76. The maximum Gasteiger partial charge on any atom is 0.0342 e. The Hall–Kier alpha value is -0.980. The summed E-state index contributed by atoms with van der Waals surface area (Å²) in [6.45, 7) is 9.33. The van der Waals surface area contributed by atoms with Crippen LogP contribution >= 0.6 is 0 Å². The van der Waals surface area contributed by atoms with E-state index in [1.807, 2.05) is 0 Å². The van der Waals surface area contributed by atoms with Crippen LogP contribution in [0.25, 0.3) is 0 Å². The van der Waals surface area contributed by atoms with Crippen molar-refractivity contribution in [3.8, 4) is 0 Å². The van der Waals surface area contributed by atoms with Gasteiger partial charge in [0.2, 0.25) is 0 Å². The molecule has 1 aliphatic carbocycles.